The fraction of sp³-hybridized carbons (Fsp3) is 0.167. The minimum absolute atomic E-state index is 0.198. The molecule has 2 aromatic carbocycles. The average Bonchev–Trinajstić information content (AvgIpc) is 3.17. The van der Waals surface area contributed by atoms with Gasteiger partial charge in [0.15, 0.2) is 0 Å². The lowest BCUT2D eigenvalue weighted by Crippen LogP contribution is -2.39. The average molecular weight is 372 g/mol. The Balaban J connectivity index is 1.65. The standard InChI is InChI=1S/C18H16N2O3S2/c1-19(10-13-8-9-24-12-13)17(21)11-20-15-6-2-4-14-5-3-7-16(18(14)15)25(20,22)23/h2-9,12H,10-11H2,1H3. The van der Waals surface area contributed by atoms with E-state index in [1.165, 1.54) is 4.31 Å². The highest BCUT2D eigenvalue weighted by molar-refractivity contribution is 7.93. The van der Waals surface area contributed by atoms with Crippen molar-refractivity contribution in [1.29, 1.82) is 0 Å². The van der Waals surface area contributed by atoms with Gasteiger partial charge in [-0.05, 0) is 39.9 Å². The van der Waals surface area contributed by atoms with Crippen LogP contribution in [-0.4, -0.2) is 32.8 Å². The van der Waals surface area contributed by atoms with Crippen LogP contribution in [0.4, 0.5) is 5.69 Å². The van der Waals surface area contributed by atoms with Crippen molar-refractivity contribution >= 4 is 43.7 Å². The van der Waals surface area contributed by atoms with E-state index in [9.17, 15) is 13.2 Å². The Morgan fingerprint density at radius 3 is 2.64 bits per heavy atom. The van der Waals surface area contributed by atoms with Crippen LogP contribution in [0.25, 0.3) is 10.8 Å². The molecule has 0 unspecified atom stereocenters. The summed E-state index contributed by atoms with van der Waals surface area (Å²) in [6.07, 6.45) is 0. The van der Waals surface area contributed by atoms with Crippen molar-refractivity contribution in [3.05, 3.63) is 58.8 Å². The van der Waals surface area contributed by atoms with Gasteiger partial charge in [0, 0.05) is 19.0 Å². The third-order valence-electron chi connectivity index (χ3n) is 4.39. The minimum atomic E-state index is -3.70. The maximum absolute atomic E-state index is 12.9. The summed E-state index contributed by atoms with van der Waals surface area (Å²) >= 11 is 1.57. The van der Waals surface area contributed by atoms with Crippen LogP contribution in [-0.2, 0) is 21.4 Å². The van der Waals surface area contributed by atoms with Gasteiger partial charge in [-0.15, -0.1) is 0 Å². The number of anilines is 1. The summed E-state index contributed by atoms with van der Waals surface area (Å²) in [7, 11) is -2.01. The van der Waals surface area contributed by atoms with Gasteiger partial charge in [-0.1, -0.05) is 24.3 Å². The lowest BCUT2D eigenvalue weighted by atomic mass is 10.1. The molecule has 0 bridgehead atoms. The van der Waals surface area contributed by atoms with Crippen LogP contribution >= 0.6 is 11.3 Å². The number of rotatable bonds is 4. The summed E-state index contributed by atoms with van der Waals surface area (Å²) in [4.78, 5) is 14.4. The van der Waals surface area contributed by atoms with Gasteiger partial charge < -0.3 is 4.90 Å². The fourth-order valence-corrected chi connectivity index (χ4v) is 5.44. The Kier molecular flexibility index (Phi) is 3.77. The highest BCUT2D eigenvalue weighted by Crippen LogP contribution is 2.41. The molecule has 0 radical (unpaired) electrons. The zero-order valence-corrected chi connectivity index (χ0v) is 15.2. The number of carbonyl (C=O) groups is 1. The van der Waals surface area contributed by atoms with Crippen molar-refractivity contribution in [2.75, 3.05) is 17.9 Å². The summed E-state index contributed by atoms with van der Waals surface area (Å²) in [6, 6.07) is 12.6. The van der Waals surface area contributed by atoms with E-state index in [0.29, 0.717) is 17.6 Å². The molecule has 0 saturated heterocycles. The van der Waals surface area contributed by atoms with Gasteiger partial charge in [-0.3, -0.25) is 9.10 Å². The van der Waals surface area contributed by atoms with Gasteiger partial charge in [0.1, 0.15) is 6.54 Å². The number of thiophene rings is 1. The normalized spacial score (nSPS) is 14.8. The lowest BCUT2D eigenvalue weighted by Gasteiger charge is -2.22. The molecule has 1 aliphatic heterocycles. The second-order valence-corrected chi connectivity index (χ2v) is 8.64. The molecule has 25 heavy (non-hydrogen) atoms. The van der Waals surface area contributed by atoms with E-state index < -0.39 is 10.0 Å². The lowest BCUT2D eigenvalue weighted by molar-refractivity contribution is -0.128. The van der Waals surface area contributed by atoms with Crippen molar-refractivity contribution in [2.45, 2.75) is 11.4 Å². The first-order valence-electron chi connectivity index (χ1n) is 7.78. The Morgan fingerprint density at radius 1 is 1.16 bits per heavy atom. The molecule has 0 saturated carbocycles. The Labute approximate surface area is 150 Å². The number of hydrogen-bond acceptors (Lipinski definition) is 4. The van der Waals surface area contributed by atoms with Crippen molar-refractivity contribution < 1.29 is 13.2 Å². The molecular formula is C18H16N2O3S2. The van der Waals surface area contributed by atoms with Crippen LogP contribution in [0.1, 0.15) is 5.56 Å². The number of amides is 1. The van der Waals surface area contributed by atoms with E-state index in [1.54, 1.807) is 41.5 Å². The molecule has 7 heteroatoms. The SMILES string of the molecule is CN(Cc1ccsc1)C(=O)CN1c2cccc3cccc(c23)S1(=O)=O. The molecule has 0 N–H and O–H groups in total. The second kappa shape index (κ2) is 5.86. The highest BCUT2D eigenvalue weighted by atomic mass is 32.2. The van der Waals surface area contributed by atoms with Gasteiger partial charge in [0.25, 0.3) is 10.0 Å². The monoisotopic (exact) mass is 372 g/mol. The van der Waals surface area contributed by atoms with Gasteiger partial charge in [-0.25, -0.2) is 8.42 Å². The van der Waals surface area contributed by atoms with E-state index >= 15 is 0 Å². The summed E-state index contributed by atoms with van der Waals surface area (Å²) < 4.78 is 27.0. The molecule has 0 fully saturated rings. The van der Waals surface area contributed by atoms with Gasteiger partial charge in [0.05, 0.1) is 10.6 Å². The quantitative estimate of drug-likeness (QED) is 0.707. The Morgan fingerprint density at radius 2 is 1.92 bits per heavy atom. The molecule has 1 amide bonds. The first kappa shape index (κ1) is 16.1. The Bertz CT molecular complexity index is 1050. The van der Waals surface area contributed by atoms with E-state index in [0.717, 1.165) is 10.9 Å². The fourth-order valence-electron chi connectivity index (χ4n) is 3.12. The van der Waals surface area contributed by atoms with Gasteiger partial charge in [-0.2, -0.15) is 11.3 Å². The molecule has 128 valence electrons. The smallest absolute Gasteiger partial charge is 0.265 e. The van der Waals surface area contributed by atoms with E-state index in [4.69, 9.17) is 0 Å². The maximum atomic E-state index is 12.9. The molecular weight excluding hydrogens is 356 g/mol. The number of carbonyl (C=O) groups excluding carboxylic acids is 1. The number of hydrogen-bond donors (Lipinski definition) is 0. The van der Waals surface area contributed by atoms with Crippen LogP contribution < -0.4 is 4.31 Å². The molecule has 3 aromatic rings. The minimum Gasteiger partial charge on any atom is -0.340 e. The largest absolute Gasteiger partial charge is 0.340 e. The third kappa shape index (κ3) is 2.60. The van der Waals surface area contributed by atoms with E-state index in [-0.39, 0.29) is 17.3 Å². The van der Waals surface area contributed by atoms with Crippen LogP contribution in [0.2, 0.25) is 0 Å². The summed E-state index contributed by atoms with van der Waals surface area (Å²) in [5.41, 5.74) is 1.61. The van der Waals surface area contributed by atoms with Gasteiger partial charge >= 0.3 is 0 Å². The first-order valence-corrected chi connectivity index (χ1v) is 10.2. The second-order valence-electron chi connectivity index (χ2n) is 6.02. The van der Waals surface area contributed by atoms with Crippen LogP contribution in [0.3, 0.4) is 0 Å². The molecule has 1 aromatic heterocycles. The molecule has 0 aliphatic carbocycles. The van der Waals surface area contributed by atoms with Gasteiger partial charge in [0.2, 0.25) is 5.91 Å². The number of benzene rings is 2. The number of likely N-dealkylation sites (N-methyl/N-ethyl adjacent to an activating group) is 1. The molecule has 0 spiro atoms. The van der Waals surface area contributed by atoms with Crippen molar-refractivity contribution in [3.8, 4) is 0 Å². The topological polar surface area (TPSA) is 57.7 Å². The molecule has 2 heterocycles. The van der Waals surface area contributed by atoms with Crippen molar-refractivity contribution in [2.24, 2.45) is 0 Å². The Hall–Kier alpha value is -2.38. The highest BCUT2D eigenvalue weighted by Gasteiger charge is 2.37. The predicted octanol–water partition coefficient (Wildman–Crippen LogP) is 3.07. The first-order chi connectivity index (χ1) is 12.0. The van der Waals surface area contributed by atoms with Crippen molar-refractivity contribution in [1.82, 2.24) is 4.90 Å². The molecule has 1 aliphatic rings. The van der Waals surface area contributed by atoms with E-state index in [1.807, 2.05) is 35.0 Å². The molecule has 0 atom stereocenters. The summed E-state index contributed by atoms with van der Waals surface area (Å²) in [6.45, 7) is 0.268. The predicted molar refractivity (Wildman–Crippen MR) is 99.3 cm³/mol. The number of nitrogens with zero attached hydrogens (tertiary/aromatic N) is 2. The maximum Gasteiger partial charge on any atom is 0.265 e. The van der Waals surface area contributed by atoms with Crippen LogP contribution in [0, 0.1) is 0 Å². The zero-order chi connectivity index (χ0) is 17.6. The molecule has 4 rings (SSSR count). The van der Waals surface area contributed by atoms with Crippen LogP contribution in [0.15, 0.2) is 58.1 Å². The summed E-state index contributed by atoms with van der Waals surface area (Å²) in [5.74, 6) is -0.236. The molecule has 5 nitrogen and oxygen atoms in total. The summed E-state index contributed by atoms with van der Waals surface area (Å²) in [5, 5.41) is 5.49. The van der Waals surface area contributed by atoms with Crippen molar-refractivity contribution in [3.63, 3.8) is 0 Å². The zero-order valence-electron chi connectivity index (χ0n) is 13.5. The third-order valence-corrected chi connectivity index (χ3v) is 6.92. The van der Waals surface area contributed by atoms with E-state index in [2.05, 4.69) is 0 Å². The van der Waals surface area contributed by atoms with Crippen LogP contribution in [0.5, 0.6) is 0 Å². The number of sulfonamides is 1.